The maximum Gasteiger partial charge on any atom is 0.321 e. The number of fused-ring (bicyclic) bond motifs is 3. The van der Waals surface area contributed by atoms with Crippen molar-refractivity contribution in [1.82, 2.24) is 19.8 Å². The lowest BCUT2D eigenvalue weighted by molar-refractivity contribution is 0.208. The van der Waals surface area contributed by atoms with Gasteiger partial charge >= 0.3 is 6.03 Å². The summed E-state index contributed by atoms with van der Waals surface area (Å²) in [7, 11) is 0. The molecule has 2 amide bonds. The van der Waals surface area contributed by atoms with Gasteiger partial charge in [-0.05, 0) is 50.4 Å². The largest absolute Gasteiger partial charge is 0.352 e. The Morgan fingerprint density at radius 1 is 1.03 bits per heavy atom. The molecular formula is C29H38N6OS. The lowest BCUT2D eigenvalue weighted by Crippen LogP contribution is -2.50. The Bertz CT molecular complexity index is 1260. The van der Waals surface area contributed by atoms with Crippen molar-refractivity contribution in [3.63, 3.8) is 0 Å². The number of carbonyl (C=O) groups excluding carboxylic acids is 1. The van der Waals surface area contributed by atoms with Gasteiger partial charge in [-0.15, -0.1) is 11.3 Å². The first-order valence-electron chi connectivity index (χ1n) is 14.0. The van der Waals surface area contributed by atoms with Gasteiger partial charge in [0, 0.05) is 55.8 Å². The SMILES string of the molecule is CCN1CCc2c(sc3nc(C4CCCCC4)nc(N4CCN(C(=O)Nc5ccc(C)cc5)CC4)c23)C1. The monoisotopic (exact) mass is 518 g/mol. The van der Waals surface area contributed by atoms with Gasteiger partial charge in [0.25, 0.3) is 0 Å². The molecule has 3 aromatic rings. The molecule has 1 aliphatic carbocycles. The standard InChI is InChI=1S/C29H38N6OS/c1-3-33-14-13-23-24(19-33)37-28-25(23)27(31-26(32-28)21-7-5-4-6-8-21)34-15-17-35(18-16-34)29(36)30-22-11-9-20(2)10-12-22/h9-12,21H,3-8,13-19H2,1-2H3,(H,30,36). The molecule has 37 heavy (non-hydrogen) atoms. The van der Waals surface area contributed by atoms with Gasteiger partial charge in [0.05, 0.1) is 5.39 Å². The molecule has 2 aliphatic heterocycles. The number of thiophene rings is 1. The summed E-state index contributed by atoms with van der Waals surface area (Å²) in [4.78, 5) is 33.0. The molecule has 0 spiro atoms. The molecule has 0 radical (unpaired) electrons. The molecule has 3 aliphatic rings. The summed E-state index contributed by atoms with van der Waals surface area (Å²) >= 11 is 1.89. The van der Waals surface area contributed by atoms with Gasteiger partial charge < -0.3 is 15.1 Å². The topological polar surface area (TPSA) is 64.6 Å². The van der Waals surface area contributed by atoms with E-state index in [0.717, 1.165) is 56.5 Å². The van der Waals surface area contributed by atoms with E-state index in [0.29, 0.717) is 19.0 Å². The van der Waals surface area contributed by atoms with E-state index in [-0.39, 0.29) is 6.03 Å². The number of nitrogens with zero attached hydrogens (tertiary/aromatic N) is 5. The number of aromatic nitrogens is 2. The minimum absolute atomic E-state index is 0.0215. The molecule has 1 N–H and O–H groups in total. The van der Waals surface area contributed by atoms with E-state index in [1.54, 1.807) is 0 Å². The lowest BCUT2D eigenvalue weighted by Gasteiger charge is -2.36. The first kappa shape index (κ1) is 24.6. The zero-order chi connectivity index (χ0) is 25.4. The van der Waals surface area contributed by atoms with Crippen LogP contribution in [0.3, 0.4) is 0 Å². The predicted octanol–water partition coefficient (Wildman–Crippen LogP) is 5.78. The molecule has 1 saturated heterocycles. The number of aryl methyl sites for hydroxylation is 1. The van der Waals surface area contributed by atoms with Crippen LogP contribution in [0, 0.1) is 6.92 Å². The van der Waals surface area contributed by atoms with Crippen LogP contribution >= 0.6 is 11.3 Å². The zero-order valence-corrected chi connectivity index (χ0v) is 22.9. The molecule has 1 saturated carbocycles. The molecule has 7 nitrogen and oxygen atoms in total. The molecule has 2 aromatic heterocycles. The van der Waals surface area contributed by atoms with E-state index in [9.17, 15) is 4.79 Å². The lowest BCUT2D eigenvalue weighted by atomic mass is 9.88. The Balaban J connectivity index is 1.26. The van der Waals surface area contributed by atoms with Gasteiger partial charge in [-0.3, -0.25) is 4.90 Å². The van der Waals surface area contributed by atoms with Crippen molar-refractivity contribution < 1.29 is 4.79 Å². The predicted molar refractivity (Wildman–Crippen MR) is 152 cm³/mol. The highest BCUT2D eigenvalue weighted by atomic mass is 32.1. The van der Waals surface area contributed by atoms with E-state index < -0.39 is 0 Å². The van der Waals surface area contributed by atoms with Crippen molar-refractivity contribution in [3.8, 4) is 0 Å². The highest BCUT2D eigenvalue weighted by Crippen LogP contribution is 2.41. The Hall–Kier alpha value is -2.71. The third-order valence-corrected chi connectivity index (χ3v) is 9.47. The first-order chi connectivity index (χ1) is 18.1. The highest BCUT2D eigenvalue weighted by molar-refractivity contribution is 7.19. The molecule has 0 bridgehead atoms. The Kier molecular flexibility index (Phi) is 7.04. The fourth-order valence-corrected chi connectivity index (χ4v) is 7.31. The number of anilines is 2. The van der Waals surface area contributed by atoms with Crippen LogP contribution in [0.15, 0.2) is 24.3 Å². The summed E-state index contributed by atoms with van der Waals surface area (Å²) < 4.78 is 0. The van der Waals surface area contributed by atoms with E-state index in [2.05, 4.69) is 29.0 Å². The molecule has 1 aromatic carbocycles. The van der Waals surface area contributed by atoms with Gasteiger partial charge in [-0.25, -0.2) is 14.8 Å². The van der Waals surface area contributed by atoms with Gasteiger partial charge in [0.15, 0.2) is 0 Å². The van der Waals surface area contributed by atoms with Crippen molar-refractivity contribution in [3.05, 3.63) is 46.1 Å². The van der Waals surface area contributed by atoms with Crippen molar-refractivity contribution in [2.45, 2.75) is 64.8 Å². The third kappa shape index (κ3) is 5.06. The number of rotatable bonds is 4. The summed E-state index contributed by atoms with van der Waals surface area (Å²) in [5, 5.41) is 4.35. The fraction of sp³-hybridized carbons (Fsp3) is 0.552. The minimum atomic E-state index is -0.0215. The van der Waals surface area contributed by atoms with Crippen LogP contribution in [0.4, 0.5) is 16.3 Å². The van der Waals surface area contributed by atoms with Crippen LogP contribution in [0.1, 0.15) is 66.8 Å². The summed E-state index contributed by atoms with van der Waals surface area (Å²) in [5.41, 5.74) is 3.50. The van der Waals surface area contributed by atoms with Crippen molar-refractivity contribution in [1.29, 1.82) is 0 Å². The summed E-state index contributed by atoms with van der Waals surface area (Å²) in [5.74, 6) is 2.64. The number of urea groups is 1. The van der Waals surface area contributed by atoms with Crippen LogP contribution in [0.25, 0.3) is 10.2 Å². The number of hydrogen-bond acceptors (Lipinski definition) is 6. The molecule has 4 heterocycles. The van der Waals surface area contributed by atoms with Crippen LogP contribution < -0.4 is 10.2 Å². The van der Waals surface area contributed by atoms with Crippen molar-refractivity contribution >= 4 is 39.1 Å². The Morgan fingerprint density at radius 2 is 1.78 bits per heavy atom. The second-order valence-electron chi connectivity index (χ2n) is 10.8. The third-order valence-electron chi connectivity index (χ3n) is 8.36. The van der Waals surface area contributed by atoms with E-state index in [1.165, 1.54) is 58.3 Å². The van der Waals surface area contributed by atoms with Gasteiger partial charge in [0.2, 0.25) is 0 Å². The van der Waals surface area contributed by atoms with E-state index in [1.807, 2.05) is 40.5 Å². The number of piperazine rings is 1. The molecule has 6 rings (SSSR count). The summed E-state index contributed by atoms with van der Waals surface area (Å²) in [6, 6.07) is 7.96. The molecule has 8 heteroatoms. The number of benzene rings is 1. The van der Waals surface area contributed by atoms with Crippen LogP contribution in [0.2, 0.25) is 0 Å². The minimum Gasteiger partial charge on any atom is -0.352 e. The van der Waals surface area contributed by atoms with Gasteiger partial charge in [0.1, 0.15) is 16.5 Å². The number of amides is 2. The second kappa shape index (κ2) is 10.6. The molecule has 0 unspecified atom stereocenters. The van der Waals surface area contributed by atoms with Crippen LogP contribution in [-0.4, -0.2) is 65.1 Å². The summed E-state index contributed by atoms with van der Waals surface area (Å²) in [6.45, 7) is 10.5. The number of nitrogens with one attached hydrogen (secondary N) is 1. The van der Waals surface area contributed by atoms with Crippen molar-refractivity contribution in [2.75, 3.05) is 49.5 Å². The fourth-order valence-electron chi connectivity index (χ4n) is 6.05. The first-order valence-corrected chi connectivity index (χ1v) is 14.8. The Labute approximate surface area is 223 Å². The highest BCUT2D eigenvalue weighted by Gasteiger charge is 2.30. The number of hydrogen-bond donors (Lipinski definition) is 1. The average molecular weight is 519 g/mol. The Morgan fingerprint density at radius 3 is 2.51 bits per heavy atom. The summed E-state index contributed by atoms with van der Waals surface area (Å²) in [6.07, 6.45) is 7.37. The molecule has 0 atom stereocenters. The molecule has 196 valence electrons. The molecule has 2 fully saturated rings. The number of likely N-dealkylation sites (N-methyl/N-ethyl adjacent to an activating group) is 1. The quantitative estimate of drug-likeness (QED) is 0.474. The maximum atomic E-state index is 12.9. The van der Waals surface area contributed by atoms with Crippen molar-refractivity contribution in [2.24, 2.45) is 0 Å². The normalized spacial score (nSPS) is 19.3. The van der Waals surface area contributed by atoms with Gasteiger partial charge in [-0.2, -0.15) is 0 Å². The van der Waals surface area contributed by atoms with E-state index in [4.69, 9.17) is 9.97 Å². The number of carbonyl (C=O) groups is 1. The smallest absolute Gasteiger partial charge is 0.321 e. The van der Waals surface area contributed by atoms with E-state index >= 15 is 0 Å². The molecular weight excluding hydrogens is 480 g/mol. The zero-order valence-electron chi connectivity index (χ0n) is 22.1. The second-order valence-corrected chi connectivity index (χ2v) is 11.9. The maximum absolute atomic E-state index is 12.9. The van der Waals surface area contributed by atoms with Crippen LogP contribution in [-0.2, 0) is 13.0 Å². The average Bonchev–Trinajstić information content (AvgIpc) is 3.32. The van der Waals surface area contributed by atoms with Gasteiger partial charge in [-0.1, -0.05) is 43.9 Å². The van der Waals surface area contributed by atoms with Crippen LogP contribution in [0.5, 0.6) is 0 Å².